The molecule has 1 amide bonds. The Morgan fingerprint density at radius 1 is 1.09 bits per heavy atom. The summed E-state index contributed by atoms with van der Waals surface area (Å²) in [6.07, 6.45) is -2.43. The van der Waals surface area contributed by atoms with E-state index < -0.39 is 23.7 Å². The molecule has 2 bridgehead atoms. The van der Waals surface area contributed by atoms with Crippen LogP contribution in [0.5, 0.6) is 0 Å². The molecular formula is C26H28F4N2O2. The number of rotatable bonds is 3. The predicted octanol–water partition coefficient (Wildman–Crippen LogP) is 5.96. The third-order valence-corrected chi connectivity index (χ3v) is 7.56. The fourth-order valence-electron chi connectivity index (χ4n) is 5.76. The molecule has 1 unspecified atom stereocenters. The van der Waals surface area contributed by atoms with E-state index in [4.69, 9.17) is 4.74 Å². The number of benzene rings is 2. The summed E-state index contributed by atoms with van der Waals surface area (Å²) in [6.45, 7) is 6.98. The molecule has 8 heteroatoms. The molecule has 3 fully saturated rings. The number of carbonyl (C=O) groups is 1. The number of alkyl halides is 3. The molecule has 1 aliphatic carbocycles. The number of nitrogens with one attached hydrogen (secondary N) is 1. The molecule has 2 aromatic rings. The van der Waals surface area contributed by atoms with Gasteiger partial charge >= 0.3 is 12.3 Å². The summed E-state index contributed by atoms with van der Waals surface area (Å²) in [5.74, 6) is -0.518. The maximum Gasteiger partial charge on any atom is 0.416 e. The Morgan fingerprint density at radius 2 is 1.82 bits per heavy atom. The van der Waals surface area contributed by atoms with Gasteiger partial charge in [-0.1, -0.05) is 32.0 Å². The lowest BCUT2D eigenvalue weighted by atomic mass is 9.85. The Morgan fingerprint density at radius 3 is 2.47 bits per heavy atom. The lowest BCUT2D eigenvalue weighted by Crippen LogP contribution is -2.53. The summed E-state index contributed by atoms with van der Waals surface area (Å²) in [6, 6.07) is 7.58. The lowest BCUT2D eigenvalue weighted by molar-refractivity contribution is -0.137. The average molecular weight is 477 g/mol. The number of nitrogens with zero attached hydrogens (tertiary/aromatic N) is 1. The number of hydrogen-bond donors (Lipinski definition) is 1. The minimum Gasteiger partial charge on any atom is -0.445 e. The first-order valence-electron chi connectivity index (χ1n) is 11.7. The van der Waals surface area contributed by atoms with Gasteiger partial charge in [-0.2, -0.15) is 13.2 Å². The summed E-state index contributed by atoms with van der Waals surface area (Å²) in [5, 5.41) is 3.04. The van der Waals surface area contributed by atoms with E-state index in [-0.39, 0.29) is 23.1 Å². The molecule has 34 heavy (non-hydrogen) atoms. The fourth-order valence-corrected chi connectivity index (χ4v) is 5.76. The second kappa shape index (κ2) is 8.26. The van der Waals surface area contributed by atoms with Crippen LogP contribution in [0.1, 0.15) is 49.4 Å². The minimum atomic E-state index is -4.63. The zero-order valence-corrected chi connectivity index (χ0v) is 19.2. The summed E-state index contributed by atoms with van der Waals surface area (Å²) in [7, 11) is 0. The smallest absolute Gasteiger partial charge is 0.416 e. The van der Waals surface area contributed by atoms with E-state index in [1.54, 1.807) is 12.1 Å². The van der Waals surface area contributed by atoms with Gasteiger partial charge in [0.1, 0.15) is 11.9 Å². The van der Waals surface area contributed by atoms with E-state index in [0.29, 0.717) is 24.0 Å². The minimum absolute atomic E-state index is 0.0929. The molecule has 2 aromatic carbocycles. The SMILES string of the molecule is CC1(C)Cc2cc(-c3cc(F)cc(C(F)(F)F)c3)ccc2C1NC(=O)O[C@@H]1CN2CCC1CC2. The van der Waals surface area contributed by atoms with Crippen LogP contribution < -0.4 is 5.32 Å². The van der Waals surface area contributed by atoms with Crippen LogP contribution in [0.2, 0.25) is 0 Å². The molecule has 182 valence electrons. The van der Waals surface area contributed by atoms with Crippen LogP contribution in [0.4, 0.5) is 22.4 Å². The van der Waals surface area contributed by atoms with Crippen LogP contribution >= 0.6 is 0 Å². The molecule has 0 spiro atoms. The fraction of sp³-hybridized carbons (Fsp3) is 0.500. The number of fused-ring (bicyclic) bond motifs is 4. The van der Waals surface area contributed by atoms with E-state index >= 15 is 0 Å². The number of amides is 1. The van der Waals surface area contributed by atoms with Crippen LogP contribution in [0.3, 0.4) is 0 Å². The summed E-state index contributed by atoms with van der Waals surface area (Å²) >= 11 is 0. The van der Waals surface area contributed by atoms with Gasteiger partial charge in [-0.3, -0.25) is 4.90 Å². The van der Waals surface area contributed by atoms with Crippen molar-refractivity contribution in [2.24, 2.45) is 11.3 Å². The molecule has 3 saturated heterocycles. The largest absolute Gasteiger partial charge is 0.445 e. The number of alkyl carbamates (subject to hydrolysis) is 1. The quantitative estimate of drug-likeness (QED) is 0.557. The molecule has 1 N–H and O–H groups in total. The number of hydrogen-bond acceptors (Lipinski definition) is 3. The highest BCUT2D eigenvalue weighted by Crippen LogP contribution is 2.46. The van der Waals surface area contributed by atoms with Crippen molar-refractivity contribution in [3.63, 3.8) is 0 Å². The monoisotopic (exact) mass is 476 g/mol. The second-order valence-corrected chi connectivity index (χ2v) is 10.5. The van der Waals surface area contributed by atoms with Gasteiger partial charge in [0.15, 0.2) is 0 Å². The molecule has 6 rings (SSSR count). The van der Waals surface area contributed by atoms with Crippen molar-refractivity contribution < 1.29 is 27.1 Å². The first-order chi connectivity index (χ1) is 16.0. The average Bonchev–Trinajstić information content (AvgIpc) is 3.02. The van der Waals surface area contributed by atoms with Crippen LogP contribution in [0.15, 0.2) is 36.4 Å². The van der Waals surface area contributed by atoms with Crippen LogP contribution in [-0.2, 0) is 17.3 Å². The Balaban J connectivity index is 1.36. The number of halogens is 4. The predicted molar refractivity (Wildman–Crippen MR) is 120 cm³/mol. The van der Waals surface area contributed by atoms with Crippen molar-refractivity contribution in [3.8, 4) is 11.1 Å². The molecule has 3 aliphatic heterocycles. The first kappa shape index (κ1) is 23.1. The standard InChI is InChI=1S/C26H28F4N2O2/c1-25(2)13-18-9-16(17-10-19(26(28,29)30)12-20(27)11-17)3-4-21(18)23(25)31-24(33)34-22-14-32-7-5-15(22)6-8-32/h3-4,9-12,15,22-23H,5-8,13-14H2,1-2H3,(H,31,33)/t22-,23?/m1/s1. The van der Waals surface area contributed by atoms with Crippen LogP contribution in [0.25, 0.3) is 11.1 Å². The number of piperidine rings is 3. The van der Waals surface area contributed by atoms with Gasteiger partial charge in [-0.25, -0.2) is 9.18 Å². The highest BCUT2D eigenvalue weighted by molar-refractivity contribution is 5.70. The summed E-state index contributed by atoms with van der Waals surface area (Å²) < 4.78 is 59.2. The topological polar surface area (TPSA) is 41.6 Å². The van der Waals surface area contributed by atoms with E-state index in [0.717, 1.165) is 55.7 Å². The van der Waals surface area contributed by atoms with Gasteiger partial charge in [0.05, 0.1) is 11.6 Å². The Labute approximate surface area is 196 Å². The lowest BCUT2D eigenvalue weighted by Gasteiger charge is -2.44. The summed E-state index contributed by atoms with van der Waals surface area (Å²) in [4.78, 5) is 15.1. The zero-order valence-electron chi connectivity index (χ0n) is 19.2. The summed E-state index contributed by atoms with van der Waals surface area (Å²) in [5.41, 5.74) is 1.19. The van der Waals surface area contributed by atoms with Gasteiger partial charge in [0.25, 0.3) is 0 Å². The third kappa shape index (κ3) is 4.40. The zero-order chi connectivity index (χ0) is 24.3. The van der Waals surface area contributed by atoms with E-state index in [1.165, 1.54) is 0 Å². The molecule has 3 heterocycles. The van der Waals surface area contributed by atoms with Crippen molar-refractivity contribution in [3.05, 3.63) is 58.9 Å². The van der Waals surface area contributed by atoms with Crippen molar-refractivity contribution in [1.82, 2.24) is 10.2 Å². The molecule has 2 atom stereocenters. The van der Waals surface area contributed by atoms with Crippen molar-refractivity contribution in [2.75, 3.05) is 19.6 Å². The normalized spacial score (nSPS) is 27.4. The van der Waals surface area contributed by atoms with Crippen LogP contribution in [0, 0.1) is 17.2 Å². The third-order valence-electron chi connectivity index (χ3n) is 7.56. The highest BCUT2D eigenvalue weighted by Gasteiger charge is 2.42. The van der Waals surface area contributed by atoms with E-state index in [9.17, 15) is 22.4 Å². The highest BCUT2D eigenvalue weighted by atomic mass is 19.4. The maximum absolute atomic E-state index is 13.9. The molecule has 4 aliphatic rings. The number of carbonyl (C=O) groups excluding carboxylic acids is 1. The molecule has 0 saturated carbocycles. The van der Waals surface area contributed by atoms with Gasteiger partial charge in [-0.05, 0) is 84.1 Å². The van der Waals surface area contributed by atoms with Gasteiger partial charge in [0, 0.05) is 6.54 Å². The van der Waals surface area contributed by atoms with E-state index in [1.807, 2.05) is 19.9 Å². The maximum atomic E-state index is 13.9. The van der Waals surface area contributed by atoms with Crippen molar-refractivity contribution >= 4 is 6.09 Å². The Hall–Kier alpha value is -2.61. The van der Waals surface area contributed by atoms with Gasteiger partial charge in [0.2, 0.25) is 0 Å². The molecule has 0 radical (unpaired) electrons. The van der Waals surface area contributed by atoms with E-state index in [2.05, 4.69) is 10.2 Å². The Bertz CT molecular complexity index is 1110. The van der Waals surface area contributed by atoms with Gasteiger partial charge < -0.3 is 10.1 Å². The molecular weight excluding hydrogens is 448 g/mol. The van der Waals surface area contributed by atoms with Crippen LogP contribution in [-0.4, -0.2) is 36.7 Å². The van der Waals surface area contributed by atoms with Crippen molar-refractivity contribution in [1.29, 1.82) is 0 Å². The Kier molecular flexibility index (Phi) is 5.62. The van der Waals surface area contributed by atoms with Gasteiger partial charge in [-0.15, -0.1) is 0 Å². The second-order valence-electron chi connectivity index (χ2n) is 10.5. The number of ether oxygens (including phenoxy) is 1. The first-order valence-corrected chi connectivity index (χ1v) is 11.7. The van der Waals surface area contributed by atoms with Crippen molar-refractivity contribution in [2.45, 2.75) is 51.4 Å². The molecule has 4 nitrogen and oxygen atoms in total. The molecule has 0 aromatic heterocycles.